The lowest BCUT2D eigenvalue weighted by Crippen LogP contribution is -2.36. The number of nitrogens with two attached hydrogens (primary N) is 1. The number of amides is 2. The Bertz CT molecular complexity index is 3720. The summed E-state index contributed by atoms with van der Waals surface area (Å²) in [7, 11) is -14.6. The van der Waals surface area contributed by atoms with E-state index in [9.17, 15) is 49.6 Å². The summed E-state index contributed by atoms with van der Waals surface area (Å²) < 4.78 is 138. The van der Waals surface area contributed by atoms with E-state index in [4.69, 9.17) is 43.6 Å². The summed E-state index contributed by atoms with van der Waals surface area (Å²) in [5.41, 5.74) is 10.6. The first-order valence-corrected chi connectivity index (χ1v) is 38.4. The van der Waals surface area contributed by atoms with E-state index in [-0.39, 0.29) is 52.8 Å². The molecule has 8 N–H and O–H groups in total. The van der Waals surface area contributed by atoms with Crippen molar-refractivity contribution < 1.29 is 96.3 Å². The highest BCUT2D eigenvalue weighted by atomic mass is 33.1. The standard InChI is InChI=1S/C59H85N9O20P2S4/c1-8-66-45-20-18-41(93(75,76)77)33-43(45)58(4,5)49(66)15-11-9-12-16-50-59(6,7)44-34-42(94(78,79)80)19-21-46(44)67(50)24-14-10-13-17-51(69)61-23-26-82-28-30-84-32-31-83-29-27-81-25-22-52(70)62-37-57(2,3)92-91-40-85-47-35-53(68-39-65-54-55(60)63-38-64-56(54)68)87-48(47)36-86-90(73,74)88-89(71)72/h9,11-12,15-16,18-21,33-34,38-39,47-48,53,89H,8,10,13-14,17,22-32,35-37,40H2,1-7H3,(H7-,60,61,62,63,64,69,70,71,72,73,74,75,76,77,78,79,80)/p+1/t47-,48-,53-/m1/s1. The van der Waals surface area contributed by atoms with Crippen molar-refractivity contribution in [3.8, 4) is 0 Å². The van der Waals surface area contributed by atoms with Gasteiger partial charge in [0.25, 0.3) is 20.2 Å². The van der Waals surface area contributed by atoms with Crippen LogP contribution in [0.3, 0.4) is 0 Å². The number of nitrogens with one attached hydrogen (secondary N) is 2. The van der Waals surface area contributed by atoms with Gasteiger partial charge in [0.1, 0.15) is 36.7 Å². The normalized spacial score (nSPS) is 19.4. The van der Waals surface area contributed by atoms with E-state index in [2.05, 4.69) is 39.4 Å². The molecule has 2 aromatic heterocycles. The average Bonchev–Trinajstić information content (AvgIpc) is 1.59. The van der Waals surface area contributed by atoms with Crippen molar-refractivity contribution in [2.45, 2.75) is 131 Å². The Labute approximate surface area is 556 Å². The van der Waals surface area contributed by atoms with E-state index in [0.29, 0.717) is 96.4 Å². The number of ether oxygens (including phenoxy) is 6. The molecule has 0 bridgehead atoms. The highest BCUT2D eigenvalue weighted by Crippen LogP contribution is 2.52. The zero-order chi connectivity index (χ0) is 68.5. The number of hydrogen-bond acceptors (Lipinski definition) is 23. The van der Waals surface area contributed by atoms with Gasteiger partial charge in [0.2, 0.25) is 17.5 Å². The second kappa shape index (κ2) is 34.5. The van der Waals surface area contributed by atoms with Crippen LogP contribution < -0.4 is 21.3 Å². The fourth-order valence-corrected chi connectivity index (χ4v) is 15.4. The van der Waals surface area contributed by atoms with Crippen molar-refractivity contribution in [2.75, 3.05) is 102 Å². The molecule has 2 unspecified atom stereocenters. The first-order chi connectivity index (χ1) is 44.4. The van der Waals surface area contributed by atoms with Crippen LogP contribution in [-0.2, 0) is 87.0 Å². The van der Waals surface area contributed by atoms with E-state index in [1.807, 2.05) is 78.8 Å². The Kier molecular flexibility index (Phi) is 28.0. The Morgan fingerprint density at radius 2 is 1.51 bits per heavy atom. The Balaban J connectivity index is 0.712. The van der Waals surface area contributed by atoms with Gasteiger partial charge in [-0.25, -0.2) is 23.8 Å². The first-order valence-electron chi connectivity index (χ1n) is 30.4. The molecule has 4 aromatic rings. The van der Waals surface area contributed by atoms with Gasteiger partial charge in [-0.1, -0.05) is 53.7 Å². The van der Waals surface area contributed by atoms with Crippen molar-refractivity contribution >= 4 is 104 Å². The molecule has 3 aliphatic rings. The van der Waals surface area contributed by atoms with E-state index < -0.39 is 76.9 Å². The minimum absolute atomic E-state index is 0.0877. The van der Waals surface area contributed by atoms with Crippen LogP contribution in [0.4, 0.5) is 17.2 Å². The monoisotopic (exact) mass is 1430 g/mol. The van der Waals surface area contributed by atoms with Gasteiger partial charge in [-0.05, 0) is 89.4 Å². The topological polar surface area (TPSA) is 391 Å². The van der Waals surface area contributed by atoms with Crippen molar-refractivity contribution in [3.05, 3.63) is 96.3 Å². The second-order valence-corrected chi connectivity index (χ2v) is 31.9. The minimum Gasteiger partial charge on any atom is -0.382 e. The lowest BCUT2D eigenvalue weighted by molar-refractivity contribution is -0.438. The molecule has 2 aromatic carbocycles. The van der Waals surface area contributed by atoms with Crippen molar-refractivity contribution in [2.24, 2.45) is 0 Å². The summed E-state index contributed by atoms with van der Waals surface area (Å²) >= 11 is 0. The van der Waals surface area contributed by atoms with Crippen molar-refractivity contribution in [3.63, 3.8) is 0 Å². The number of hydrogen-bond donors (Lipinski definition) is 7. The molecule has 35 heteroatoms. The fourth-order valence-electron chi connectivity index (χ4n) is 10.9. The van der Waals surface area contributed by atoms with E-state index >= 15 is 0 Å². The van der Waals surface area contributed by atoms with Crippen LogP contribution in [0.5, 0.6) is 0 Å². The van der Waals surface area contributed by atoms with Crippen LogP contribution in [0, 0.1) is 0 Å². The van der Waals surface area contributed by atoms with Crippen LogP contribution in [0.25, 0.3) is 11.2 Å². The summed E-state index contributed by atoms with van der Waals surface area (Å²) in [6.45, 7) is 17.8. The Hall–Kier alpha value is -5.00. The number of unbranched alkanes of at least 4 members (excludes halogenated alkanes) is 2. The maximum atomic E-state index is 12.7. The Morgan fingerprint density at radius 1 is 0.862 bits per heavy atom. The largest absolute Gasteiger partial charge is 0.479 e. The quantitative estimate of drug-likeness (QED) is 0.00435. The van der Waals surface area contributed by atoms with Gasteiger partial charge in [0, 0.05) is 84.6 Å². The van der Waals surface area contributed by atoms with Crippen LogP contribution in [0.2, 0.25) is 0 Å². The summed E-state index contributed by atoms with van der Waals surface area (Å²) in [5.74, 6) is 0.0639. The number of anilines is 2. The summed E-state index contributed by atoms with van der Waals surface area (Å²) in [6.07, 6.45) is 13.1. The fraction of sp³-hybridized carbons (Fsp3) is 0.559. The summed E-state index contributed by atoms with van der Waals surface area (Å²) in [5, 5.41) is 5.82. The maximum absolute atomic E-state index is 12.7. The molecule has 7 rings (SSSR count). The van der Waals surface area contributed by atoms with Gasteiger partial charge in [-0.2, -0.15) is 21.4 Å². The highest BCUT2D eigenvalue weighted by molar-refractivity contribution is 8.77. The zero-order valence-corrected chi connectivity index (χ0v) is 58.7. The molecule has 29 nitrogen and oxygen atoms in total. The molecule has 5 heterocycles. The number of allylic oxidation sites excluding steroid dienone is 6. The number of benzene rings is 2. The van der Waals surface area contributed by atoms with Crippen molar-refractivity contribution in [1.29, 1.82) is 0 Å². The third-order valence-corrected chi connectivity index (χ3v) is 22.3. The SMILES string of the molecule is CCN1/C(=C/C=C/C=C/C2=[N+](CCCCCC(=O)NCCOCCOCCOCCOCCC(=O)NCC(C)(C)SSCO[C@@H]3C[C@H](n4cnc5c(N)ncnc54)O[C@@H]3COP(=O)(O)O[PH](=O)O)c3ccc(S(=O)(=O)O)cc3C2(C)C)C(C)(C)c2cc(S(=O)(=O)O)ccc21. The lowest BCUT2D eigenvalue weighted by atomic mass is 9.81. The number of imidazole rings is 1. The third-order valence-electron chi connectivity index (χ3n) is 15.6. The van der Waals surface area contributed by atoms with Gasteiger partial charge in [-0.3, -0.25) is 32.4 Å². The molecule has 3 aliphatic heterocycles. The highest BCUT2D eigenvalue weighted by Gasteiger charge is 2.46. The third kappa shape index (κ3) is 21.5. The maximum Gasteiger partial charge on any atom is 0.479 e. The molecule has 520 valence electrons. The van der Waals surface area contributed by atoms with Crippen LogP contribution in [0.15, 0.2) is 94.9 Å². The molecule has 2 amide bonds. The van der Waals surface area contributed by atoms with E-state index in [1.165, 1.54) is 58.5 Å². The van der Waals surface area contributed by atoms with Crippen LogP contribution in [0.1, 0.15) is 104 Å². The van der Waals surface area contributed by atoms with E-state index in [1.54, 1.807) is 16.7 Å². The predicted octanol–water partition coefficient (Wildman–Crippen LogP) is 7.35. The molecule has 0 radical (unpaired) electrons. The van der Waals surface area contributed by atoms with Gasteiger partial charge >= 0.3 is 16.1 Å². The molecule has 1 saturated heterocycles. The molecular weight excluding hydrogens is 1340 g/mol. The number of nitrogen functional groups attached to an aromatic ring is 1. The summed E-state index contributed by atoms with van der Waals surface area (Å²) in [4.78, 5) is 58.4. The molecular formula is C59H86N9O20P2S4+. The summed E-state index contributed by atoms with van der Waals surface area (Å²) in [6, 6.07) is 9.26. The molecule has 1 fully saturated rings. The number of rotatable bonds is 40. The molecule has 94 heavy (non-hydrogen) atoms. The number of carbonyl (C=O) groups excluding carboxylic acids is 2. The lowest BCUT2D eigenvalue weighted by Gasteiger charge is -2.25. The number of carbonyl (C=O) groups is 2. The molecule has 0 aliphatic carbocycles. The average molecular weight is 1430 g/mol. The van der Waals surface area contributed by atoms with Gasteiger partial charge in [0.05, 0.1) is 87.1 Å². The minimum atomic E-state index is -4.87. The number of likely N-dealkylation sites (N-methyl/N-ethyl adjacent to an activating group) is 1. The van der Waals surface area contributed by atoms with E-state index in [0.717, 1.165) is 46.8 Å². The molecule has 0 spiro atoms. The van der Waals surface area contributed by atoms with Crippen LogP contribution in [-0.4, -0.2) is 186 Å². The predicted molar refractivity (Wildman–Crippen MR) is 355 cm³/mol. The smallest absolute Gasteiger partial charge is 0.382 e. The number of phosphoric acid groups is 1. The van der Waals surface area contributed by atoms with Gasteiger partial charge in [0.15, 0.2) is 17.2 Å². The number of nitrogens with zero attached hydrogens (tertiary/aromatic N) is 6. The van der Waals surface area contributed by atoms with Gasteiger partial charge < -0.3 is 59.5 Å². The molecule has 0 saturated carbocycles. The zero-order valence-electron chi connectivity index (χ0n) is 53.5. The first kappa shape index (κ1) is 76.4. The number of aromatic nitrogens is 4. The number of phosphoric ester groups is 1. The second-order valence-electron chi connectivity index (χ2n) is 23.6. The van der Waals surface area contributed by atoms with Crippen molar-refractivity contribution in [1.82, 2.24) is 30.2 Å². The van der Waals surface area contributed by atoms with Gasteiger partial charge in [-0.15, -0.1) is 0 Å². The van der Waals surface area contributed by atoms with Crippen LogP contribution >= 0.6 is 37.7 Å². The Morgan fingerprint density at radius 3 is 2.18 bits per heavy atom. The molecule has 5 atom stereocenters. The number of fused-ring (bicyclic) bond motifs is 3.